The summed E-state index contributed by atoms with van der Waals surface area (Å²) in [5.41, 5.74) is 0.349. The minimum absolute atomic E-state index is 0.0548. The fourth-order valence-electron chi connectivity index (χ4n) is 2.15. The SMILES string of the molecule is N#CCCn1ncc(C#N)c1N1CC(CCl)CC1=O. The topological polar surface area (TPSA) is 85.7 Å². The van der Waals surface area contributed by atoms with Crippen molar-refractivity contribution in [2.24, 2.45) is 5.92 Å². The van der Waals surface area contributed by atoms with Gasteiger partial charge in [0.2, 0.25) is 5.91 Å². The zero-order valence-electron chi connectivity index (χ0n) is 10.2. The van der Waals surface area contributed by atoms with Crippen molar-refractivity contribution < 1.29 is 4.79 Å². The van der Waals surface area contributed by atoms with Gasteiger partial charge in [-0.05, 0) is 5.92 Å². The van der Waals surface area contributed by atoms with Crippen molar-refractivity contribution in [2.45, 2.75) is 19.4 Å². The number of hydrogen-bond acceptors (Lipinski definition) is 4. The summed E-state index contributed by atoms with van der Waals surface area (Å²) in [7, 11) is 0. The van der Waals surface area contributed by atoms with Crippen molar-refractivity contribution in [1.29, 1.82) is 10.5 Å². The summed E-state index contributed by atoms with van der Waals surface area (Å²) in [5.74, 6) is 0.937. The number of carbonyl (C=O) groups is 1. The largest absolute Gasteiger partial charge is 0.296 e. The first-order valence-electron chi connectivity index (χ1n) is 5.90. The molecule has 1 fully saturated rings. The molecule has 0 saturated carbocycles. The van der Waals surface area contributed by atoms with Crippen molar-refractivity contribution in [1.82, 2.24) is 9.78 Å². The highest BCUT2D eigenvalue weighted by atomic mass is 35.5. The zero-order chi connectivity index (χ0) is 13.8. The van der Waals surface area contributed by atoms with Crippen molar-refractivity contribution in [3.8, 4) is 12.1 Å². The van der Waals surface area contributed by atoms with Gasteiger partial charge < -0.3 is 0 Å². The van der Waals surface area contributed by atoms with Crippen LogP contribution in [0.2, 0.25) is 0 Å². The fourth-order valence-corrected chi connectivity index (χ4v) is 2.36. The second-order valence-corrected chi connectivity index (χ2v) is 4.66. The van der Waals surface area contributed by atoms with E-state index in [-0.39, 0.29) is 18.2 Å². The lowest BCUT2D eigenvalue weighted by molar-refractivity contribution is -0.117. The van der Waals surface area contributed by atoms with Gasteiger partial charge in [-0.25, -0.2) is 4.68 Å². The summed E-state index contributed by atoms with van der Waals surface area (Å²) in [5, 5.41) is 21.8. The van der Waals surface area contributed by atoms with Gasteiger partial charge in [0.25, 0.3) is 0 Å². The lowest BCUT2D eigenvalue weighted by Crippen LogP contribution is -2.28. The molecule has 1 aliphatic rings. The Hall–Kier alpha value is -2.05. The molecule has 6 nitrogen and oxygen atoms in total. The molecule has 98 valence electrons. The molecule has 0 aromatic carbocycles. The lowest BCUT2D eigenvalue weighted by Gasteiger charge is -2.18. The molecule has 1 amide bonds. The molecule has 1 aromatic heterocycles. The number of anilines is 1. The summed E-state index contributed by atoms with van der Waals surface area (Å²) in [4.78, 5) is 13.5. The molecule has 0 N–H and O–H groups in total. The average Bonchev–Trinajstić information content (AvgIpc) is 2.98. The first-order chi connectivity index (χ1) is 9.21. The fraction of sp³-hybridized carbons (Fsp3) is 0.500. The Bertz CT molecular complexity index is 568. The molecule has 0 aliphatic carbocycles. The summed E-state index contributed by atoms with van der Waals surface area (Å²) in [6.45, 7) is 0.859. The predicted molar refractivity (Wildman–Crippen MR) is 68.4 cm³/mol. The number of nitriles is 2. The quantitative estimate of drug-likeness (QED) is 0.775. The molecule has 1 aliphatic heterocycles. The molecule has 0 bridgehead atoms. The standard InChI is InChI=1S/C12H12ClN5O/c13-5-9-4-11(19)17(8-9)12-10(6-15)7-16-18(12)3-1-2-14/h7,9H,1,3-5,8H2. The third-order valence-electron chi connectivity index (χ3n) is 3.05. The van der Waals surface area contributed by atoms with Crippen molar-refractivity contribution in [3.63, 3.8) is 0 Å². The summed E-state index contributed by atoms with van der Waals surface area (Å²) in [6.07, 6.45) is 2.09. The highest BCUT2D eigenvalue weighted by molar-refractivity contribution is 6.18. The highest BCUT2D eigenvalue weighted by Crippen LogP contribution is 2.28. The Morgan fingerprint density at radius 3 is 2.89 bits per heavy atom. The maximum Gasteiger partial charge on any atom is 0.228 e. The molecule has 19 heavy (non-hydrogen) atoms. The van der Waals surface area contributed by atoms with E-state index in [2.05, 4.69) is 5.10 Å². The van der Waals surface area contributed by atoms with Gasteiger partial charge in [0.1, 0.15) is 11.6 Å². The molecule has 0 spiro atoms. The molecule has 1 aromatic rings. The van der Waals surface area contributed by atoms with Gasteiger partial charge in [0, 0.05) is 18.8 Å². The smallest absolute Gasteiger partial charge is 0.228 e. The minimum Gasteiger partial charge on any atom is -0.296 e. The average molecular weight is 278 g/mol. The maximum absolute atomic E-state index is 12.0. The van der Waals surface area contributed by atoms with Gasteiger partial charge in [-0.3, -0.25) is 9.69 Å². The van der Waals surface area contributed by atoms with Crippen LogP contribution in [0, 0.1) is 28.6 Å². The number of aromatic nitrogens is 2. The van der Waals surface area contributed by atoms with E-state index in [1.807, 2.05) is 12.1 Å². The normalized spacial score (nSPS) is 18.4. The van der Waals surface area contributed by atoms with Gasteiger partial charge in [-0.2, -0.15) is 15.6 Å². The first kappa shape index (κ1) is 13.4. The van der Waals surface area contributed by atoms with Crippen LogP contribution in [0.15, 0.2) is 6.20 Å². The number of rotatable bonds is 4. The molecule has 1 saturated heterocycles. The van der Waals surface area contributed by atoms with Crippen molar-refractivity contribution in [2.75, 3.05) is 17.3 Å². The highest BCUT2D eigenvalue weighted by Gasteiger charge is 2.33. The number of nitrogens with zero attached hydrogens (tertiary/aromatic N) is 5. The molecule has 1 unspecified atom stereocenters. The van der Waals surface area contributed by atoms with E-state index in [9.17, 15) is 4.79 Å². The second-order valence-electron chi connectivity index (χ2n) is 4.35. The Morgan fingerprint density at radius 1 is 1.53 bits per heavy atom. The van der Waals surface area contributed by atoms with Crippen LogP contribution in [0.3, 0.4) is 0 Å². The van der Waals surface area contributed by atoms with Gasteiger partial charge in [0.05, 0.1) is 25.2 Å². The zero-order valence-corrected chi connectivity index (χ0v) is 11.0. The Labute approximate surface area is 115 Å². The minimum atomic E-state index is -0.0548. The van der Waals surface area contributed by atoms with Crippen LogP contribution in [-0.4, -0.2) is 28.1 Å². The van der Waals surface area contributed by atoms with Crippen LogP contribution in [-0.2, 0) is 11.3 Å². The Morgan fingerprint density at radius 2 is 2.32 bits per heavy atom. The van der Waals surface area contributed by atoms with E-state index in [4.69, 9.17) is 22.1 Å². The van der Waals surface area contributed by atoms with Crippen LogP contribution >= 0.6 is 11.6 Å². The summed E-state index contributed by atoms with van der Waals surface area (Å²) >= 11 is 5.79. The summed E-state index contributed by atoms with van der Waals surface area (Å²) < 4.78 is 1.54. The van der Waals surface area contributed by atoms with E-state index in [1.165, 1.54) is 10.9 Å². The molecule has 1 atom stereocenters. The van der Waals surface area contributed by atoms with Gasteiger partial charge in [-0.15, -0.1) is 11.6 Å². The van der Waals surface area contributed by atoms with E-state index < -0.39 is 0 Å². The Balaban J connectivity index is 2.33. The van der Waals surface area contributed by atoms with E-state index in [0.29, 0.717) is 36.8 Å². The lowest BCUT2D eigenvalue weighted by atomic mass is 10.1. The van der Waals surface area contributed by atoms with E-state index >= 15 is 0 Å². The number of amides is 1. The van der Waals surface area contributed by atoms with Crippen molar-refractivity contribution >= 4 is 23.3 Å². The predicted octanol–water partition coefficient (Wildman–Crippen LogP) is 1.26. The van der Waals surface area contributed by atoms with Crippen LogP contribution in [0.5, 0.6) is 0 Å². The number of aryl methyl sites for hydroxylation is 1. The maximum atomic E-state index is 12.0. The van der Waals surface area contributed by atoms with Crippen LogP contribution < -0.4 is 4.90 Å². The number of carbonyl (C=O) groups excluding carboxylic acids is 1. The summed E-state index contributed by atoms with van der Waals surface area (Å²) in [6, 6.07) is 4.05. The molecule has 2 heterocycles. The number of alkyl halides is 1. The number of hydrogen-bond donors (Lipinski definition) is 0. The molecule has 0 radical (unpaired) electrons. The Kier molecular flexibility index (Phi) is 4.03. The first-order valence-corrected chi connectivity index (χ1v) is 6.44. The third-order valence-corrected chi connectivity index (χ3v) is 3.48. The molecular formula is C12H12ClN5O. The van der Waals surface area contributed by atoms with Crippen LogP contribution in [0.1, 0.15) is 18.4 Å². The molecule has 7 heteroatoms. The molecular weight excluding hydrogens is 266 g/mol. The van der Waals surface area contributed by atoms with Crippen LogP contribution in [0.25, 0.3) is 0 Å². The van der Waals surface area contributed by atoms with E-state index in [0.717, 1.165) is 0 Å². The van der Waals surface area contributed by atoms with Gasteiger partial charge >= 0.3 is 0 Å². The number of halogens is 1. The van der Waals surface area contributed by atoms with E-state index in [1.54, 1.807) is 4.90 Å². The van der Waals surface area contributed by atoms with Gasteiger partial charge in [-0.1, -0.05) is 0 Å². The van der Waals surface area contributed by atoms with Crippen LogP contribution in [0.4, 0.5) is 5.82 Å². The molecule has 2 rings (SSSR count). The van der Waals surface area contributed by atoms with Gasteiger partial charge in [0.15, 0.2) is 5.82 Å². The van der Waals surface area contributed by atoms with Crippen molar-refractivity contribution in [3.05, 3.63) is 11.8 Å². The third kappa shape index (κ3) is 2.54. The second kappa shape index (κ2) is 5.73. The monoisotopic (exact) mass is 277 g/mol.